The third-order valence-corrected chi connectivity index (χ3v) is 6.98. The zero-order chi connectivity index (χ0) is 20.4. The van der Waals surface area contributed by atoms with Gasteiger partial charge in [-0.05, 0) is 37.5 Å². The molecule has 0 bridgehead atoms. The lowest BCUT2D eigenvalue weighted by atomic mass is 9.81. The Kier molecular flexibility index (Phi) is 6.26. The topological polar surface area (TPSA) is 84.3 Å². The molecule has 4 rings (SSSR count). The molecular weight excluding hydrogens is 430 g/mol. The summed E-state index contributed by atoms with van der Waals surface area (Å²) < 4.78 is 5.86. The van der Waals surface area contributed by atoms with Gasteiger partial charge in [0.05, 0.1) is 35.6 Å². The molecule has 0 unspecified atom stereocenters. The second-order valence-corrected chi connectivity index (χ2v) is 9.31. The van der Waals surface area contributed by atoms with Gasteiger partial charge >= 0.3 is 0 Å². The fourth-order valence-corrected chi connectivity index (χ4v) is 4.90. The van der Waals surface area contributed by atoms with Crippen LogP contribution in [0.4, 0.5) is 5.13 Å². The average Bonchev–Trinajstić information content (AvgIpc) is 3.28. The third kappa shape index (κ3) is 4.84. The van der Waals surface area contributed by atoms with Crippen LogP contribution < -0.4 is 5.32 Å². The number of halogens is 1. The SMILES string of the molecule is Cc1nc(CO)sc1-c1csc(NC(=O)C2CC(OCc3ccc(Cl)cc3)C2)n1. The Morgan fingerprint density at radius 1 is 1.31 bits per heavy atom. The predicted molar refractivity (Wildman–Crippen MR) is 115 cm³/mol. The second-order valence-electron chi connectivity index (χ2n) is 6.94. The summed E-state index contributed by atoms with van der Waals surface area (Å²) >= 11 is 8.69. The van der Waals surface area contributed by atoms with Crippen molar-refractivity contribution in [3.63, 3.8) is 0 Å². The first-order valence-corrected chi connectivity index (χ1v) is 11.3. The zero-order valence-electron chi connectivity index (χ0n) is 15.7. The number of ether oxygens (including phenoxy) is 1. The number of aliphatic hydroxyl groups excluding tert-OH is 1. The summed E-state index contributed by atoms with van der Waals surface area (Å²) in [6.45, 7) is 2.33. The van der Waals surface area contributed by atoms with E-state index in [-0.39, 0.29) is 24.5 Å². The van der Waals surface area contributed by atoms with Crippen LogP contribution in [-0.4, -0.2) is 27.1 Å². The van der Waals surface area contributed by atoms with Gasteiger partial charge in [0.25, 0.3) is 0 Å². The quantitative estimate of drug-likeness (QED) is 0.548. The Hall–Kier alpha value is -1.84. The first-order chi connectivity index (χ1) is 14.0. The maximum atomic E-state index is 12.5. The monoisotopic (exact) mass is 449 g/mol. The van der Waals surface area contributed by atoms with Crippen molar-refractivity contribution in [3.05, 3.63) is 50.9 Å². The van der Waals surface area contributed by atoms with Crippen molar-refractivity contribution in [2.75, 3.05) is 5.32 Å². The number of anilines is 1. The number of hydrogen-bond acceptors (Lipinski definition) is 7. The summed E-state index contributed by atoms with van der Waals surface area (Å²) in [6, 6.07) is 7.58. The van der Waals surface area contributed by atoms with E-state index in [1.807, 2.05) is 36.6 Å². The van der Waals surface area contributed by atoms with Gasteiger partial charge in [0.1, 0.15) is 5.01 Å². The van der Waals surface area contributed by atoms with Gasteiger partial charge in [-0.2, -0.15) is 0 Å². The van der Waals surface area contributed by atoms with Crippen LogP contribution in [0.2, 0.25) is 5.02 Å². The Bertz CT molecular complexity index is 997. The Morgan fingerprint density at radius 2 is 2.07 bits per heavy atom. The third-order valence-electron chi connectivity index (χ3n) is 4.81. The molecule has 0 aliphatic heterocycles. The van der Waals surface area contributed by atoms with Crippen molar-refractivity contribution in [1.82, 2.24) is 9.97 Å². The summed E-state index contributed by atoms with van der Waals surface area (Å²) in [4.78, 5) is 22.2. The predicted octanol–water partition coefficient (Wildman–Crippen LogP) is 4.65. The Balaban J connectivity index is 1.26. The number of hydrogen-bond donors (Lipinski definition) is 2. The molecule has 2 heterocycles. The summed E-state index contributed by atoms with van der Waals surface area (Å²) in [5, 5.41) is 16.0. The van der Waals surface area contributed by atoms with Gasteiger partial charge in [-0.15, -0.1) is 22.7 Å². The first-order valence-electron chi connectivity index (χ1n) is 9.22. The molecule has 3 aromatic rings. The fraction of sp³-hybridized carbons (Fsp3) is 0.350. The number of benzene rings is 1. The van der Waals surface area contributed by atoms with Crippen LogP contribution in [-0.2, 0) is 22.7 Å². The molecule has 1 saturated carbocycles. The molecule has 152 valence electrons. The smallest absolute Gasteiger partial charge is 0.229 e. The largest absolute Gasteiger partial charge is 0.389 e. The zero-order valence-corrected chi connectivity index (χ0v) is 18.1. The van der Waals surface area contributed by atoms with Gasteiger partial charge < -0.3 is 15.2 Å². The van der Waals surface area contributed by atoms with Gasteiger partial charge in [-0.1, -0.05) is 23.7 Å². The van der Waals surface area contributed by atoms with Crippen LogP contribution in [0, 0.1) is 12.8 Å². The number of aromatic nitrogens is 2. The minimum atomic E-state index is -0.0812. The molecule has 0 atom stereocenters. The summed E-state index contributed by atoms with van der Waals surface area (Å²) in [7, 11) is 0. The lowest BCUT2D eigenvalue weighted by Gasteiger charge is -2.33. The lowest BCUT2D eigenvalue weighted by molar-refractivity contribution is -0.129. The van der Waals surface area contributed by atoms with E-state index in [9.17, 15) is 9.90 Å². The Morgan fingerprint density at radius 3 is 2.76 bits per heavy atom. The molecule has 1 amide bonds. The van der Waals surface area contributed by atoms with Crippen LogP contribution in [0.15, 0.2) is 29.6 Å². The molecular formula is C20H20ClN3O3S2. The molecule has 0 saturated heterocycles. The van der Waals surface area contributed by atoms with Crippen molar-refractivity contribution in [1.29, 1.82) is 0 Å². The molecule has 0 spiro atoms. The highest BCUT2D eigenvalue weighted by molar-refractivity contribution is 7.17. The second kappa shape index (κ2) is 8.89. The minimum Gasteiger partial charge on any atom is -0.389 e. The molecule has 1 aliphatic carbocycles. The summed E-state index contributed by atoms with van der Waals surface area (Å²) in [5.74, 6) is -0.0713. The van der Waals surface area contributed by atoms with E-state index in [0.717, 1.165) is 21.8 Å². The van der Waals surface area contributed by atoms with Crippen molar-refractivity contribution < 1.29 is 14.6 Å². The number of carbonyl (C=O) groups excluding carboxylic acids is 1. The van der Waals surface area contributed by atoms with Crippen LogP contribution in [0.5, 0.6) is 0 Å². The van der Waals surface area contributed by atoms with E-state index < -0.39 is 0 Å². The highest BCUT2D eigenvalue weighted by Gasteiger charge is 2.35. The highest BCUT2D eigenvalue weighted by atomic mass is 35.5. The van der Waals surface area contributed by atoms with Crippen LogP contribution in [0.3, 0.4) is 0 Å². The lowest BCUT2D eigenvalue weighted by Crippen LogP contribution is -2.39. The molecule has 1 aliphatic rings. The highest BCUT2D eigenvalue weighted by Crippen LogP contribution is 2.34. The molecule has 1 fully saturated rings. The molecule has 9 heteroatoms. The standard InChI is InChI=1S/C20H20ClN3O3S2/c1-11-18(29-17(8-25)22-11)16-10-28-20(23-16)24-19(26)13-6-15(7-13)27-9-12-2-4-14(21)5-3-12/h2-5,10,13,15,25H,6-9H2,1H3,(H,23,24,26). The summed E-state index contributed by atoms with van der Waals surface area (Å²) in [5.41, 5.74) is 2.68. The number of amides is 1. The fourth-order valence-electron chi connectivity index (χ4n) is 3.11. The van der Waals surface area contributed by atoms with Crippen molar-refractivity contribution in [3.8, 4) is 10.6 Å². The van der Waals surface area contributed by atoms with Gasteiger partial charge in [-0.25, -0.2) is 9.97 Å². The molecule has 6 nitrogen and oxygen atoms in total. The first kappa shape index (κ1) is 20.4. The molecule has 2 N–H and O–H groups in total. The minimum absolute atomic E-state index is 0.0192. The van der Waals surface area contributed by atoms with E-state index in [1.165, 1.54) is 22.7 Å². The number of nitrogens with one attached hydrogen (secondary N) is 1. The van der Waals surface area contributed by atoms with Crippen LogP contribution >= 0.6 is 34.3 Å². The van der Waals surface area contributed by atoms with Gasteiger partial charge in [0.2, 0.25) is 5.91 Å². The average molecular weight is 450 g/mol. The number of aryl methyl sites for hydroxylation is 1. The maximum Gasteiger partial charge on any atom is 0.229 e. The molecule has 29 heavy (non-hydrogen) atoms. The van der Waals surface area contributed by atoms with Crippen LogP contribution in [0.1, 0.15) is 29.1 Å². The van der Waals surface area contributed by atoms with E-state index >= 15 is 0 Å². The number of nitrogens with zero attached hydrogens (tertiary/aromatic N) is 2. The van der Waals surface area contributed by atoms with Gasteiger partial charge in [0.15, 0.2) is 5.13 Å². The maximum absolute atomic E-state index is 12.5. The van der Waals surface area contributed by atoms with Crippen molar-refractivity contribution in [2.24, 2.45) is 5.92 Å². The summed E-state index contributed by atoms with van der Waals surface area (Å²) in [6.07, 6.45) is 1.53. The van der Waals surface area contributed by atoms with E-state index in [2.05, 4.69) is 15.3 Å². The molecule has 0 radical (unpaired) electrons. The van der Waals surface area contributed by atoms with Gasteiger partial charge in [-0.3, -0.25) is 4.79 Å². The number of aliphatic hydroxyl groups is 1. The van der Waals surface area contributed by atoms with E-state index in [1.54, 1.807) is 0 Å². The Labute approximate surface area is 181 Å². The number of thiazole rings is 2. The molecule has 1 aromatic carbocycles. The van der Waals surface area contributed by atoms with Gasteiger partial charge in [0, 0.05) is 16.3 Å². The van der Waals surface area contributed by atoms with Crippen molar-refractivity contribution in [2.45, 2.75) is 39.1 Å². The van der Waals surface area contributed by atoms with Crippen LogP contribution in [0.25, 0.3) is 10.6 Å². The van der Waals surface area contributed by atoms with E-state index in [0.29, 0.717) is 34.6 Å². The normalized spacial score (nSPS) is 18.4. The molecule has 2 aromatic heterocycles. The number of carbonyl (C=O) groups is 1. The number of rotatable bonds is 7. The van der Waals surface area contributed by atoms with Crippen molar-refractivity contribution >= 4 is 45.3 Å². The van der Waals surface area contributed by atoms with E-state index in [4.69, 9.17) is 16.3 Å².